The van der Waals surface area contributed by atoms with E-state index in [9.17, 15) is 0 Å². The van der Waals surface area contributed by atoms with E-state index < -0.39 is 0 Å². The van der Waals surface area contributed by atoms with Crippen LogP contribution in [-0.4, -0.2) is 48.8 Å². The lowest BCUT2D eigenvalue weighted by Gasteiger charge is -2.26. The van der Waals surface area contributed by atoms with Crippen LogP contribution in [0.3, 0.4) is 0 Å². The highest BCUT2D eigenvalue weighted by molar-refractivity contribution is 7.99. The summed E-state index contributed by atoms with van der Waals surface area (Å²) in [6, 6.07) is 5.94. The van der Waals surface area contributed by atoms with Gasteiger partial charge in [0.15, 0.2) is 0 Å². The lowest BCUT2D eigenvalue weighted by molar-refractivity contribution is 0.288. The van der Waals surface area contributed by atoms with Crippen LogP contribution in [0.2, 0.25) is 0 Å². The fraction of sp³-hybridized carbons (Fsp3) is 0.429. The molecular formula is C14H21N5OS. The van der Waals surface area contributed by atoms with E-state index in [0.29, 0.717) is 0 Å². The van der Waals surface area contributed by atoms with Crippen LogP contribution in [0, 0.1) is 0 Å². The molecule has 1 aromatic rings. The summed E-state index contributed by atoms with van der Waals surface area (Å²) in [4.78, 5) is 2.44. The Morgan fingerprint density at radius 2 is 2.14 bits per heavy atom. The minimum Gasteiger partial charge on any atom is -0.496 e. The van der Waals surface area contributed by atoms with E-state index in [1.54, 1.807) is 13.3 Å². The second kappa shape index (κ2) is 7.90. The third kappa shape index (κ3) is 4.95. The second-order valence-corrected chi connectivity index (χ2v) is 5.95. The van der Waals surface area contributed by atoms with Gasteiger partial charge in [0.1, 0.15) is 5.75 Å². The molecule has 1 aliphatic rings. The van der Waals surface area contributed by atoms with Crippen LogP contribution < -0.4 is 16.2 Å². The minimum absolute atomic E-state index is 0.0502. The average Bonchev–Trinajstić information content (AvgIpc) is 2.48. The Morgan fingerprint density at radius 3 is 2.81 bits per heavy atom. The van der Waals surface area contributed by atoms with E-state index in [2.05, 4.69) is 21.2 Å². The van der Waals surface area contributed by atoms with Crippen LogP contribution in [0.15, 0.2) is 28.4 Å². The average molecular weight is 307 g/mol. The standard InChI is InChI=1S/C14H21N5OS/c1-20-13-3-2-11(9-17-18-14(15)16)8-12(13)10-19-4-6-21-7-5-19/h2-3,8-9H,4-7,10H2,1H3,(H4,15,16,18). The Hall–Kier alpha value is -1.73. The summed E-state index contributed by atoms with van der Waals surface area (Å²) in [5, 5.41) is 7.44. The van der Waals surface area contributed by atoms with Crippen LogP contribution in [-0.2, 0) is 6.54 Å². The Morgan fingerprint density at radius 1 is 1.38 bits per heavy atom. The van der Waals surface area contributed by atoms with Crippen LogP contribution in [0.1, 0.15) is 11.1 Å². The maximum absolute atomic E-state index is 5.44. The Labute approximate surface area is 129 Å². The topological polar surface area (TPSA) is 89.2 Å². The fourth-order valence-electron chi connectivity index (χ4n) is 2.16. The van der Waals surface area contributed by atoms with E-state index in [0.717, 1.165) is 36.5 Å². The van der Waals surface area contributed by atoms with Crippen molar-refractivity contribution < 1.29 is 4.74 Å². The predicted octanol–water partition coefficient (Wildman–Crippen LogP) is 0.851. The molecular weight excluding hydrogens is 286 g/mol. The van der Waals surface area contributed by atoms with Gasteiger partial charge in [0, 0.05) is 36.7 Å². The first-order valence-electron chi connectivity index (χ1n) is 6.78. The normalized spacial score (nSPS) is 16.0. The van der Waals surface area contributed by atoms with Crippen molar-refractivity contribution in [3.8, 4) is 5.75 Å². The minimum atomic E-state index is -0.0502. The molecule has 1 fully saturated rings. The van der Waals surface area contributed by atoms with Gasteiger partial charge in [0.2, 0.25) is 5.96 Å². The summed E-state index contributed by atoms with van der Waals surface area (Å²) in [5.74, 6) is 3.22. The van der Waals surface area contributed by atoms with Gasteiger partial charge >= 0.3 is 0 Å². The molecule has 0 aromatic heterocycles. The summed E-state index contributed by atoms with van der Waals surface area (Å²) in [6.07, 6.45) is 1.63. The summed E-state index contributed by atoms with van der Waals surface area (Å²) in [5.41, 5.74) is 12.6. The number of methoxy groups -OCH3 is 1. The summed E-state index contributed by atoms with van der Waals surface area (Å²) in [6.45, 7) is 3.11. The van der Waals surface area contributed by atoms with Crippen molar-refractivity contribution in [2.24, 2.45) is 21.7 Å². The zero-order valence-corrected chi connectivity index (χ0v) is 13.0. The molecule has 0 spiro atoms. The number of hydrogen-bond acceptors (Lipinski definition) is 5. The molecule has 1 aromatic carbocycles. The van der Waals surface area contributed by atoms with Crippen LogP contribution in [0.25, 0.3) is 0 Å². The molecule has 2 rings (SSSR count). The van der Waals surface area contributed by atoms with E-state index in [-0.39, 0.29) is 5.96 Å². The molecule has 1 aliphatic heterocycles. The summed E-state index contributed by atoms with van der Waals surface area (Å²) >= 11 is 2.00. The number of thioether (sulfide) groups is 1. The molecule has 4 N–H and O–H groups in total. The number of nitrogens with two attached hydrogens (primary N) is 2. The molecule has 0 saturated carbocycles. The van der Waals surface area contributed by atoms with Gasteiger partial charge in [-0.3, -0.25) is 4.90 Å². The fourth-order valence-corrected chi connectivity index (χ4v) is 3.14. The lowest BCUT2D eigenvalue weighted by Crippen LogP contribution is -2.32. The van der Waals surface area contributed by atoms with Crippen molar-refractivity contribution in [1.82, 2.24) is 4.90 Å². The first-order chi connectivity index (χ1) is 10.2. The number of hydrogen-bond donors (Lipinski definition) is 2. The first-order valence-corrected chi connectivity index (χ1v) is 7.93. The number of ether oxygens (including phenoxy) is 1. The Bertz CT molecular complexity index is 522. The van der Waals surface area contributed by atoms with Crippen LogP contribution in [0.4, 0.5) is 0 Å². The van der Waals surface area contributed by atoms with Crippen molar-refractivity contribution in [2.45, 2.75) is 6.54 Å². The number of benzene rings is 1. The van der Waals surface area contributed by atoms with E-state index in [1.165, 1.54) is 11.5 Å². The maximum atomic E-state index is 5.44. The van der Waals surface area contributed by atoms with Crippen molar-refractivity contribution in [1.29, 1.82) is 0 Å². The van der Waals surface area contributed by atoms with Gasteiger partial charge in [-0.1, -0.05) is 0 Å². The van der Waals surface area contributed by atoms with E-state index in [1.807, 2.05) is 23.9 Å². The quantitative estimate of drug-likeness (QED) is 0.478. The SMILES string of the molecule is COc1ccc(C=NN=C(N)N)cc1CN1CCSCC1. The highest BCUT2D eigenvalue weighted by Gasteiger charge is 2.13. The molecule has 0 atom stereocenters. The third-order valence-corrected chi connectivity index (χ3v) is 4.12. The molecule has 0 amide bonds. The molecule has 114 valence electrons. The molecule has 0 aliphatic carbocycles. The third-order valence-electron chi connectivity index (χ3n) is 3.18. The van der Waals surface area contributed by atoms with Gasteiger partial charge in [-0.15, -0.1) is 5.10 Å². The molecule has 1 heterocycles. The molecule has 7 heteroatoms. The van der Waals surface area contributed by atoms with Gasteiger partial charge in [-0.25, -0.2) is 0 Å². The zero-order valence-electron chi connectivity index (χ0n) is 12.2. The highest BCUT2D eigenvalue weighted by Crippen LogP contribution is 2.22. The van der Waals surface area contributed by atoms with Crippen molar-refractivity contribution in [2.75, 3.05) is 31.7 Å². The van der Waals surface area contributed by atoms with Gasteiger partial charge < -0.3 is 16.2 Å². The second-order valence-electron chi connectivity index (χ2n) is 4.73. The molecule has 0 bridgehead atoms. The summed E-state index contributed by atoms with van der Waals surface area (Å²) in [7, 11) is 1.69. The molecule has 21 heavy (non-hydrogen) atoms. The van der Waals surface area contributed by atoms with Crippen LogP contribution in [0.5, 0.6) is 5.75 Å². The molecule has 0 unspecified atom stereocenters. The number of rotatable bonds is 5. The number of guanidine groups is 1. The van der Waals surface area contributed by atoms with Crippen molar-refractivity contribution in [3.05, 3.63) is 29.3 Å². The highest BCUT2D eigenvalue weighted by atomic mass is 32.2. The van der Waals surface area contributed by atoms with Crippen LogP contribution >= 0.6 is 11.8 Å². The zero-order chi connectivity index (χ0) is 15.1. The molecule has 1 saturated heterocycles. The van der Waals surface area contributed by atoms with E-state index in [4.69, 9.17) is 16.2 Å². The van der Waals surface area contributed by atoms with Gasteiger partial charge in [-0.2, -0.15) is 16.9 Å². The van der Waals surface area contributed by atoms with Crippen molar-refractivity contribution in [3.63, 3.8) is 0 Å². The smallest absolute Gasteiger partial charge is 0.211 e. The number of nitrogens with zero attached hydrogens (tertiary/aromatic N) is 3. The van der Waals surface area contributed by atoms with Gasteiger partial charge in [0.05, 0.1) is 13.3 Å². The molecule has 0 radical (unpaired) electrons. The van der Waals surface area contributed by atoms with Gasteiger partial charge in [-0.05, 0) is 23.8 Å². The van der Waals surface area contributed by atoms with Gasteiger partial charge in [0.25, 0.3) is 0 Å². The summed E-state index contributed by atoms with van der Waals surface area (Å²) < 4.78 is 5.44. The Balaban J connectivity index is 2.13. The van der Waals surface area contributed by atoms with E-state index >= 15 is 0 Å². The van der Waals surface area contributed by atoms with Crippen molar-refractivity contribution >= 4 is 23.9 Å². The maximum Gasteiger partial charge on any atom is 0.211 e. The Kier molecular flexibility index (Phi) is 5.89. The lowest BCUT2D eigenvalue weighted by atomic mass is 10.1. The predicted molar refractivity (Wildman–Crippen MR) is 89.0 cm³/mol. The molecule has 6 nitrogen and oxygen atoms in total. The monoisotopic (exact) mass is 307 g/mol. The largest absolute Gasteiger partial charge is 0.496 e. The first kappa shape index (κ1) is 15.7.